The first-order chi connectivity index (χ1) is 10.7. The summed E-state index contributed by atoms with van der Waals surface area (Å²) in [4.78, 5) is 16.6. The molecule has 0 spiro atoms. The number of aliphatic hydroxyl groups excluding tert-OH is 2. The molecule has 5 atom stereocenters. The van der Waals surface area contributed by atoms with E-state index in [0.717, 1.165) is 12.8 Å². The van der Waals surface area contributed by atoms with Crippen LogP contribution in [-0.4, -0.2) is 57.5 Å². The van der Waals surface area contributed by atoms with E-state index in [9.17, 15) is 15.0 Å². The predicted octanol–water partition coefficient (Wildman–Crippen LogP) is 1.30. The Balaban J connectivity index is 1.96. The van der Waals surface area contributed by atoms with E-state index in [4.69, 9.17) is 4.74 Å². The summed E-state index contributed by atoms with van der Waals surface area (Å²) in [7, 11) is 0. The molecular weight excluding hydrogens is 316 g/mol. The number of fused-ring (bicyclic) bond motifs is 1. The molecule has 2 fully saturated rings. The van der Waals surface area contributed by atoms with Crippen LogP contribution in [0.2, 0.25) is 0 Å². The summed E-state index contributed by atoms with van der Waals surface area (Å²) in [6.45, 7) is 8.95. The lowest BCUT2D eigenvalue weighted by Crippen LogP contribution is -2.60. The van der Waals surface area contributed by atoms with Crippen molar-refractivity contribution < 1.29 is 19.7 Å². The van der Waals surface area contributed by atoms with Crippen molar-refractivity contribution in [3.8, 4) is 0 Å². The van der Waals surface area contributed by atoms with E-state index in [1.54, 1.807) is 0 Å². The summed E-state index contributed by atoms with van der Waals surface area (Å²) < 4.78 is 5.77. The van der Waals surface area contributed by atoms with Gasteiger partial charge in [0.15, 0.2) is 11.0 Å². The molecule has 0 aromatic heterocycles. The zero-order valence-electron chi connectivity index (χ0n) is 14.3. The summed E-state index contributed by atoms with van der Waals surface area (Å²) in [6.07, 6.45) is -1.15. The SMILES string of the molecule is CCN=C1N[C@@H]2[C@@H](O)[C@H](O)[C@@H](C(=O)CCCC(C)(C)C)O[C@@H]2S1. The molecule has 0 aromatic rings. The van der Waals surface area contributed by atoms with Gasteiger partial charge in [0.1, 0.15) is 23.7 Å². The molecule has 6 nitrogen and oxygen atoms in total. The minimum atomic E-state index is -1.20. The quantitative estimate of drug-likeness (QED) is 0.696. The van der Waals surface area contributed by atoms with Crippen molar-refractivity contribution >= 4 is 22.7 Å². The monoisotopic (exact) mass is 344 g/mol. The van der Waals surface area contributed by atoms with E-state index in [2.05, 4.69) is 31.1 Å². The number of aliphatic imine (C=N–C) groups is 1. The Morgan fingerprint density at radius 3 is 2.65 bits per heavy atom. The molecule has 0 bridgehead atoms. The van der Waals surface area contributed by atoms with Gasteiger partial charge in [0, 0.05) is 13.0 Å². The molecule has 2 aliphatic heterocycles. The van der Waals surface area contributed by atoms with E-state index in [1.807, 2.05) is 6.92 Å². The second-order valence-electron chi connectivity index (χ2n) is 7.35. The molecule has 0 radical (unpaired) electrons. The summed E-state index contributed by atoms with van der Waals surface area (Å²) in [5, 5.41) is 24.3. The maximum absolute atomic E-state index is 12.4. The fourth-order valence-corrected chi connectivity index (χ4v) is 4.01. The largest absolute Gasteiger partial charge is 0.388 e. The number of carbonyl (C=O) groups excluding carboxylic acids is 1. The third-order valence-corrected chi connectivity index (χ3v) is 5.20. The minimum Gasteiger partial charge on any atom is -0.388 e. The van der Waals surface area contributed by atoms with Gasteiger partial charge < -0.3 is 20.3 Å². The average Bonchev–Trinajstić information content (AvgIpc) is 2.84. The van der Waals surface area contributed by atoms with Crippen LogP contribution in [0.25, 0.3) is 0 Å². The number of amidine groups is 1. The topological polar surface area (TPSA) is 91.2 Å². The summed E-state index contributed by atoms with van der Waals surface area (Å²) >= 11 is 1.37. The van der Waals surface area contributed by atoms with Crippen molar-refractivity contribution in [2.75, 3.05) is 6.54 Å². The smallest absolute Gasteiger partial charge is 0.164 e. The number of nitrogens with one attached hydrogen (secondary N) is 1. The summed E-state index contributed by atoms with van der Waals surface area (Å²) in [5.74, 6) is -0.138. The molecule has 0 aromatic carbocycles. The van der Waals surface area contributed by atoms with E-state index in [-0.39, 0.29) is 11.2 Å². The van der Waals surface area contributed by atoms with Crippen molar-refractivity contribution in [3.05, 3.63) is 0 Å². The number of nitrogens with zero attached hydrogens (tertiary/aromatic N) is 1. The van der Waals surface area contributed by atoms with Gasteiger partial charge in [-0.2, -0.15) is 0 Å². The van der Waals surface area contributed by atoms with Crippen molar-refractivity contribution in [1.82, 2.24) is 5.32 Å². The van der Waals surface area contributed by atoms with Gasteiger partial charge in [-0.05, 0) is 25.2 Å². The molecule has 7 heteroatoms. The molecule has 132 valence electrons. The first-order valence-corrected chi connectivity index (χ1v) is 9.13. The maximum atomic E-state index is 12.4. The Hall–Kier alpha value is -0.630. The minimum absolute atomic E-state index is 0.138. The number of hydrogen-bond acceptors (Lipinski definition) is 6. The van der Waals surface area contributed by atoms with Gasteiger partial charge in [-0.1, -0.05) is 32.5 Å². The lowest BCUT2D eigenvalue weighted by molar-refractivity contribution is -0.171. The average molecular weight is 344 g/mol. The number of Topliss-reactive ketones (excluding diaryl/α,β-unsaturated/α-hetero) is 1. The highest BCUT2D eigenvalue weighted by molar-refractivity contribution is 8.14. The van der Waals surface area contributed by atoms with Crippen molar-refractivity contribution in [2.45, 2.75) is 76.7 Å². The van der Waals surface area contributed by atoms with Gasteiger partial charge in [0.25, 0.3) is 0 Å². The van der Waals surface area contributed by atoms with Gasteiger partial charge in [0.2, 0.25) is 0 Å². The van der Waals surface area contributed by atoms with Crippen molar-refractivity contribution in [1.29, 1.82) is 0 Å². The Morgan fingerprint density at radius 1 is 1.35 bits per heavy atom. The summed E-state index contributed by atoms with van der Waals surface area (Å²) in [5.41, 5.74) is -0.219. The number of ether oxygens (including phenoxy) is 1. The third-order valence-electron chi connectivity index (χ3n) is 4.09. The second-order valence-corrected chi connectivity index (χ2v) is 8.44. The van der Waals surface area contributed by atoms with Crippen LogP contribution in [-0.2, 0) is 9.53 Å². The van der Waals surface area contributed by atoms with Crippen LogP contribution in [0.1, 0.15) is 47.0 Å². The number of carbonyl (C=O) groups is 1. The van der Waals surface area contributed by atoms with Gasteiger partial charge in [-0.25, -0.2) is 0 Å². The molecule has 2 heterocycles. The molecule has 2 aliphatic rings. The Morgan fingerprint density at radius 2 is 2.04 bits per heavy atom. The molecule has 0 saturated carbocycles. The first kappa shape index (κ1) is 18.7. The van der Waals surface area contributed by atoms with Crippen LogP contribution in [0.4, 0.5) is 0 Å². The number of hydrogen-bond donors (Lipinski definition) is 3. The summed E-state index contributed by atoms with van der Waals surface area (Å²) in [6, 6.07) is -0.432. The predicted molar refractivity (Wildman–Crippen MR) is 91.5 cm³/mol. The van der Waals surface area contributed by atoms with Gasteiger partial charge >= 0.3 is 0 Å². The van der Waals surface area contributed by atoms with Crippen LogP contribution in [0.3, 0.4) is 0 Å². The number of thioether (sulfide) groups is 1. The van der Waals surface area contributed by atoms with Gasteiger partial charge in [-0.15, -0.1) is 0 Å². The van der Waals surface area contributed by atoms with Crippen LogP contribution in [0.15, 0.2) is 4.99 Å². The normalized spacial score (nSPS) is 35.9. The molecule has 3 N–H and O–H groups in total. The molecule has 2 rings (SSSR count). The first-order valence-electron chi connectivity index (χ1n) is 8.25. The Kier molecular flexibility index (Phi) is 6.10. The molecule has 0 amide bonds. The highest BCUT2D eigenvalue weighted by atomic mass is 32.2. The van der Waals surface area contributed by atoms with E-state index >= 15 is 0 Å². The Bertz CT molecular complexity index is 463. The zero-order chi connectivity index (χ0) is 17.2. The van der Waals surface area contributed by atoms with Crippen LogP contribution < -0.4 is 5.32 Å². The number of aliphatic hydroxyl groups is 2. The fourth-order valence-electron chi connectivity index (χ4n) is 2.83. The number of ketones is 1. The highest BCUT2D eigenvalue weighted by Gasteiger charge is 2.50. The van der Waals surface area contributed by atoms with Crippen LogP contribution in [0, 0.1) is 5.41 Å². The molecule has 0 aliphatic carbocycles. The number of rotatable bonds is 5. The van der Waals surface area contributed by atoms with Gasteiger partial charge in [0.05, 0.1) is 6.04 Å². The maximum Gasteiger partial charge on any atom is 0.164 e. The van der Waals surface area contributed by atoms with Crippen molar-refractivity contribution in [3.63, 3.8) is 0 Å². The van der Waals surface area contributed by atoms with E-state index in [0.29, 0.717) is 18.1 Å². The third kappa shape index (κ3) is 4.68. The molecular formula is C16H28N2O4S. The molecule has 23 heavy (non-hydrogen) atoms. The zero-order valence-corrected chi connectivity index (χ0v) is 15.1. The van der Waals surface area contributed by atoms with E-state index in [1.165, 1.54) is 11.8 Å². The fraction of sp³-hybridized carbons (Fsp3) is 0.875. The lowest BCUT2D eigenvalue weighted by Gasteiger charge is -2.38. The Labute approximate surface area is 142 Å². The van der Waals surface area contributed by atoms with Gasteiger partial charge in [-0.3, -0.25) is 9.79 Å². The van der Waals surface area contributed by atoms with E-state index < -0.39 is 29.8 Å². The lowest BCUT2D eigenvalue weighted by atomic mass is 9.88. The molecule has 2 saturated heterocycles. The highest BCUT2D eigenvalue weighted by Crippen LogP contribution is 2.34. The van der Waals surface area contributed by atoms with Crippen LogP contribution >= 0.6 is 11.8 Å². The van der Waals surface area contributed by atoms with Crippen molar-refractivity contribution in [2.24, 2.45) is 10.4 Å². The van der Waals surface area contributed by atoms with Crippen LogP contribution in [0.5, 0.6) is 0 Å². The standard InChI is InChI=1S/C16H28N2O4S/c1-5-17-15-18-10-11(20)12(21)13(22-14(10)23-15)9(19)7-6-8-16(2,3)4/h10-14,20-21H,5-8H2,1-4H3,(H,17,18)/t10-,11-,12+,13-,14-/m1/s1. The second kappa shape index (κ2) is 7.51. The molecule has 0 unspecified atom stereocenters.